The molecule has 1 nitrogen and oxygen atoms in total. The highest BCUT2D eigenvalue weighted by atomic mass is 32.1. The normalized spacial score (nSPS) is 12.3. The van der Waals surface area contributed by atoms with Crippen molar-refractivity contribution in [2.24, 2.45) is 5.73 Å². The van der Waals surface area contributed by atoms with Crippen molar-refractivity contribution in [2.45, 2.75) is 26.3 Å². The molecule has 0 aliphatic rings. The highest BCUT2D eigenvalue weighted by Crippen LogP contribution is 2.33. The van der Waals surface area contributed by atoms with Gasteiger partial charge in [-0.25, -0.2) is 0 Å². The second-order valence-corrected chi connectivity index (χ2v) is 5.23. The number of hydrogen-bond donors (Lipinski definition) is 1. The first kappa shape index (κ1) is 9.69. The zero-order valence-corrected chi connectivity index (χ0v) is 9.61. The molecule has 0 saturated carbocycles. The van der Waals surface area contributed by atoms with E-state index in [1.807, 2.05) is 0 Å². The molecule has 0 aliphatic heterocycles. The van der Waals surface area contributed by atoms with E-state index in [0.717, 1.165) is 0 Å². The molecule has 0 atom stereocenters. The Morgan fingerprint density at radius 3 is 2.64 bits per heavy atom. The third-order valence-electron chi connectivity index (χ3n) is 2.50. The number of rotatable bonds is 1. The topological polar surface area (TPSA) is 26.0 Å². The van der Waals surface area contributed by atoms with Gasteiger partial charge in [-0.2, -0.15) is 0 Å². The van der Waals surface area contributed by atoms with E-state index in [9.17, 15) is 0 Å². The van der Waals surface area contributed by atoms with Crippen molar-refractivity contribution in [1.82, 2.24) is 0 Å². The van der Waals surface area contributed by atoms with Crippen molar-refractivity contribution in [3.63, 3.8) is 0 Å². The van der Waals surface area contributed by atoms with E-state index in [1.165, 1.54) is 21.2 Å². The molecule has 0 bridgehead atoms. The second kappa shape index (κ2) is 3.07. The monoisotopic (exact) mass is 205 g/mol. The van der Waals surface area contributed by atoms with Gasteiger partial charge in [-0.3, -0.25) is 0 Å². The summed E-state index contributed by atoms with van der Waals surface area (Å²) in [5.41, 5.74) is 8.47. The van der Waals surface area contributed by atoms with Crippen LogP contribution in [0.2, 0.25) is 0 Å². The molecule has 14 heavy (non-hydrogen) atoms. The van der Waals surface area contributed by atoms with E-state index >= 15 is 0 Å². The summed E-state index contributed by atoms with van der Waals surface area (Å²) in [6, 6.07) is 6.40. The maximum Gasteiger partial charge on any atom is 0.0367 e. The molecular weight excluding hydrogens is 190 g/mol. The van der Waals surface area contributed by atoms with Gasteiger partial charge in [-0.1, -0.05) is 12.1 Å². The molecule has 0 aliphatic carbocycles. The lowest BCUT2D eigenvalue weighted by Crippen LogP contribution is -2.28. The molecule has 1 aromatic heterocycles. The smallest absolute Gasteiger partial charge is 0.0367 e. The van der Waals surface area contributed by atoms with Crippen molar-refractivity contribution in [3.8, 4) is 0 Å². The lowest BCUT2D eigenvalue weighted by Gasteiger charge is -2.18. The number of fused-ring (bicyclic) bond motifs is 1. The SMILES string of the molecule is Cc1cccc2scc(C(C)(C)N)c12. The van der Waals surface area contributed by atoms with E-state index in [-0.39, 0.29) is 5.54 Å². The summed E-state index contributed by atoms with van der Waals surface area (Å²) in [6.45, 7) is 6.26. The van der Waals surface area contributed by atoms with Gasteiger partial charge in [-0.05, 0) is 43.3 Å². The largest absolute Gasteiger partial charge is 0.322 e. The Morgan fingerprint density at radius 2 is 2.00 bits per heavy atom. The van der Waals surface area contributed by atoms with Gasteiger partial charge >= 0.3 is 0 Å². The fourth-order valence-corrected chi connectivity index (χ4v) is 2.95. The summed E-state index contributed by atoms with van der Waals surface area (Å²) in [5.74, 6) is 0. The fraction of sp³-hybridized carbons (Fsp3) is 0.333. The van der Waals surface area contributed by atoms with Crippen molar-refractivity contribution in [1.29, 1.82) is 0 Å². The Bertz CT molecular complexity index is 463. The van der Waals surface area contributed by atoms with E-state index in [0.29, 0.717) is 0 Å². The summed E-state index contributed by atoms with van der Waals surface area (Å²) >= 11 is 1.77. The van der Waals surface area contributed by atoms with Crippen LogP contribution in [0.15, 0.2) is 23.6 Å². The Kier molecular flexibility index (Phi) is 2.13. The summed E-state index contributed by atoms with van der Waals surface area (Å²) in [5, 5.41) is 3.52. The van der Waals surface area contributed by atoms with Gasteiger partial charge in [0.15, 0.2) is 0 Å². The Morgan fingerprint density at radius 1 is 1.29 bits per heavy atom. The van der Waals surface area contributed by atoms with Crippen molar-refractivity contribution in [3.05, 3.63) is 34.7 Å². The van der Waals surface area contributed by atoms with Crippen molar-refractivity contribution in [2.75, 3.05) is 0 Å². The first-order valence-electron chi connectivity index (χ1n) is 4.76. The molecule has 2 rings (SSSR count). The van der Waals surface area contributed by atoms with Crippen molar-refractivity contribution < 1.29 is 0 Å². The minimum Gasteiger partial charge on any atom is -0.322 e. The van der Waals surface area contributed by atoms with Gasteiger partial charge in [0.1, 0.15) is 0 Å². The highest BCUT2D eigenvalue weighted by molar-refractivity contribution is 7.17. The minimum atomic E-state index is -0.246. The lowest BCUT2D eigenvalue weighted by atomic mass is 9.93. The number of benzene rings is 1. The first-order valence-corrected chi connectivity index (χ1v) is 5.64. The summed E-state index contributed by atoms with van der Waals surface area (Å²) in [7, 11) is 0. The third-order valence-corrected chi connectivity index (χ3v) is 3.45. The van der Waals surface area contributed by atoms with Crippen LogP contribution < -0.4 is 5.73 Å². The average molecular weight is 205 g/mol. The van der Waals surface area contributed by atoms with Crippen molar-refractivity contribution >= 4 is 21.4 Å². The molecule has 0 unspecified atom stereocenters. The molecule has 2 aromatic rings. The number of hydrogen-bond acceptors (Lipinski definition) is 2. The van der Waals surface area contributed by atoms with E-state index in [4.69, 9.17) is 5.73 Å². The van der Waals surface area contributed by atoms with Crippen LogP contribution in [-0.4, -0.2) is 0 Å². The first-order chi connectivity index (χ1) is 6.50. The minimum absolute atomic E-state index is 0.246. The fourth-order valence-electron chi connectivity index (χ4n) is 1.74. The molecule has 0 saturated heterocycles. The van der Waals surface area contributed by atoms with Crippen LogP contribution in [0.3, 0.4) is 0 Å². The van der Waals surface area contributed by atoms with Gasteiger partial charge in [0.05, 0.1) is 0 Å². The average Bonchev–Trinajstić information content (AvgIpc) is 2.47. The molecule has 2 N–H and O–H groups in total. The maximum atomic E-state index is 6.14. The Labute approximate surface area is 88.6 Å². The van der Waals surface area contributed by atoms with Gasteiger partial charge < -0.3 is 5.73 Å². The Hall–Kier alpha value is -0.860. The molecule has 74 valence electrons. The summed E-state index contributed by atoms with van der Waals surface area (Å²) in [6.07, 6.45) is 0. The number of nitrogens with two attached hydrogens (primary N) is 1. The van der Waals surface area contributed by atoms with Crippen LogP contribution in [0, 0.1) is 6.92 Å². The van der Waals surface area contributed by atoms with E-state index in [2.05, 4.69) is 44.4 Å². The van der Waals surface area contributed by atoms with E-state index in [1.54, 1.807) is 11.3 Å². The summed E-state index contributed by atoms with van der Waals surface area (Å²) < 4.78 is 1.33. The zero-order valence-electron chi connectivity index (χ0n) is 8.79. The predicted molar refractivity (Wildman–Crippen MR) is 63.8 cm³/mol. The number of thiophene rings is 1. The Balaban J connectivity index is 2.80. The van der Waals surface area contributed by atoms with Gasteiger partial charge in [0.2, 0.25) is 0 Å². The molecule has 0 amide bonds. The van der Waals surface area contributed by atoms with Crippen LogP contribution >= 0.6 is 11.3 Å². The molecule has 1 heterocycles. The van der Waals surface area contributed by atoms with Gasteiger partial charge in [0.25, 0.3) is 0 Å². The quantitative estimate of drug-likeness (QED) is 0.758. The molecule has 0 fully saturated rings. The van der Waals surface area contributed by atoms with Gasteiger partial charge in [-0.15, -0.1) is 11.3 Å². The van der Waals surface area contributed by atoms with Crippen LogP contribution in [0.25, 0.3) is 10.1 Å². The molecule has 0 spiro atoms. The predicted octanol–water partition coefficient (Wildman–Crippen LogP) is 3.40. The van der Waals surface area contributed by atoms with Gasteiger partial charge in [0, 0.05) is 15.6 Å². The molecule has 0 radical (unpaired) electrons. The second-order valence-electron chi connectivity index (χ2n) is 4.32. The maximum absolute atomic E-state index is 6.14. The standard InChI is InChI=1S/C12H15NS/c1-8-5-4-6-10-11(8)9(7-14-10)12(2,3)13/h4-7H,13H2,1-3H3. The molecular formula is C12H15NS. The van der Waals surface area contributed by atoms with Crippen LogP contribution in [0.1, 0.15) is 25.0 Å². The van der Waals surface area contributed by atoms with Crippen LogP contribution in [0.5, 0.6) is 0 Å². The summed E-state index contributed by atoms with van der Waals surface area (Å²) in [4.78, 5) is 0. The highest BCUT2D eigenvalue weighted by Gasteiger charge is 2.19. The lowest BCUT2D eigenvalue weighted by molar-refractivity contribution is 0.561. The third kappa shape index (κ3) is 1.45. The van der Waals surface area contributed by atoms with E-state index < -0.39 is 0 Å². The molecule has 2 heteroatoms. The molecule has 1 aromatic carbocycles. The number of aryl methyl sites for hydroxylation is 1. The van der Waals surface area contributed by atoms with Crippen LogP contribution in [0.4, 0.5) is 0 Å². The van der Waals surface area contributed by atoms with Crippen LogP contribution in [-0.2, 0) is 5.54 Å². The zero-order chi connectivity index (χ0) is 10.3.